The van der Waals surface area contributed by atoms with E-state index in [1.54, 1.807) is 0 Å². The molecule has 2 rings (SSSR count). The largest absolute Gasteiger partial charge is 0.315 e. The average Bonchev–Trinajstić information content (AvgIpc) is 2.26. The molecule has 0 spiro atoms. The van der Waals surface area contributed by atoms with E-state index in [1.807, 2.05) is 0 Å². The molecule has 0 saturated carbocycles. The van der Waals surface area contributed by atoms with Gasteiger partial charge in [-0.25, -0.2) is 0 Å². The van der Waals surface area contributed by atoms with Gasteiger partial charge in [0.15, 0.2) is 0 Å². The molecule has 0 amide bonds. The molecule has 4 atom stereocenters. The van der Waals surface area contributed by atoms with E-state index >= 15 is 0 Å². The van der Waals surface area contributed by atoms with Gasteiger partial charge in [0, 0.05) is 37.8 Å². The molecule has 2 saturated heterocycles. The van der Waals surface area contributed by atoms with E-state index in [9.17, 15) is 0 Å². The third kappa shape index (κ3) is 2.41. The molecule has 0 aliphatic carbocycles. The molecule has 0 radical (unpaired) electrons. The zero-order valence-electron chi connectivity index (χ0n) is 11.2. The highest BCUT2D eigenvalue weighted by Crippen LogP contribution is 2.22. The maximum Gasteiger partial charge on any atom is 0.0248 e. The monoisotopic (exact) mass is 225 g/mol. The molecule has 2 aliphatic heterocycles. The molecule has 2 aliphatic rings. The quantitative estimate of drug-likeness (QED) is 0.718. The lowest BCUT2D eigenvalue weighted by atomic mass is 9.91. The Morgan fingerprint density at radius 1 is 1.06 bits per heavy atom. The fourth-order valence-electron chi connectivity index (χ4n) is 3.18. The summed E-state index contributed by atoms with van der Waals surface area (Å²) in [5, 5.41) is 3.55. The molecule has 0 bridgehead atoms. The molecule has 2 fully saturated rings. The lowest BCUT2D eigenvalue weighted by Crippen LogP contribution is -2.61. The molecule has 0 aromatic carbocycles. The lowest BCUT2D eigenvalue weighted by molar-refractivity contribution is 0.0118. The molecule has 4 unspecified atom stereocenters. The van der Waals surface area contributed by atoms with Crippen LogP contribution < -0.4 is 5.32 Å². The second-order valence-electron chi connectivity index (χ2n) is 5.85. The van der Waals surface area contributed by atoms with Gasteiger partial charge in [-0.15, -0.1) is 0 Å². The number of likely N-dealkylation sites (N-methyl/N-ethyl adjacent to an activating group) is 1. The van der Waals surface area contributed by atoms with E-state index in [2.05, 4.69) is 42.9 Å². The molecule has 2 heterocycles. The fraction of sp³-hybridized carbons (Fsp3) is 1.00. The molecule has 1 N–H and O–H groups in total. The van der Waals surface area contributed by atoms with E-state index < -0.39 is 0 Å². The summed E-state index contributed by atoms with van der Waals surface area (Å²) in [6.07, 6.45) is 1.33. The van der Waals surface area contributed by atoms with Crippen LogP contribution in [0.2, 0.25) is 0 Å². The van der Waals surface area contributed by atoms with Gasteiger partial charge in [-0.2, -0.15) is 0 Å². The highest BCUT2D eigenvalue weighted by Gasteiger charge is 2.33. The van der Waals surface area contributed by atoms with Crippen molar-refractivity contribution in [1.82, 2.24) is 15.1 Å². The molecule has 0 aromatic rings. The van der Waals surface area contributed by atoms with Gasteiger partial charge < -0.3 is 5.32 Å². The van der Waals surface area contributed by atoms with E-state index in [1.165, 1.54) is 32.6 Å². The van der Waals surface area contributed by atoms with E-state index in [4.69, 9.17) is 0 Å². The smallest absolute Gasteiger partial charge is 0.0248 e. The normalized spacial score (nSPS) is 43.5. The van der Waals surface area contributed by atoms with Crippen molar-refractivity contribution in [2.45, 2.75) is 45.3 Å². The van der Waals surface area contributed by atoms with Gasteiger partial charge in [-0.05, 0) is 39.8 Å². The summed E-state index contributed by atoms with van der Waals surface area (Å²) in [6.45, 7) is 12.0. The van der Waals surface area contributed by atoms with Gasteiger partial charge in [-0.1, -0.05) is 6.92 Å². The van der Waals surface area contributed by atoms with Crippen LogP contribution in [0.1, 0.15) is 27.2 Å². The van der Waals surface area contributed by atoms with Crippen LogP contribution in [-0.2, 0) is 0 Å². The predicted molar refractivity (Wildman–Crippen MR) is 68.7 cm³/mol. The number of piperidine rings is 1. The minimum Gasteiger partial charge on any atom is -0.315 e. The van der Waals surface area contributed by atoms with Crippen LogP contribution in [0, 0.1) is 5.92 Å². The van der Waals surface area contributed by atoms with Crippen molar-refractivity contribution in [3.05, 3.63) is 0 Å². The van der Waals surface area contributed by atoms with E-state index in [0.29, 0.717) is 12.1 Å². The van der Waals surface area contributed by atoms with Gasteiger partial charge >= 0.3 is 0 Å². The maximum absolute atomic E-state index is 3.55. The Morgan fingerprint density at radius 2 is 1.69 bits per heavy atom. The Kier molecular flexibility index (Phi) is 3.88. The first-order valence-corrected chi connectivity index (χ1v) is 6.76. The molecular weight excluding hydrogens is 198 g/mol. The number of piperazine rings is 1. The topological polar surface area (TPSA) is 18.5 Å². The van der Waals surface area contributed by atoms with Crippen LogP contribution in [0.5, 0.6) is 0 Å². The molecular formula is C13H27N3. The number of nitrogens with zero attached hydrogens (tertiary/aromatic N) is 2. The Hall–Kier alpha value is -0.120. The van der Waals surface area contributed by atoms with Crippen molar-refractivity contribution in [2.24, 2.45) is 5.92 Å². The average molecular weight is 225 g/mol. The molecule has 3 nitrogen and oxygen atoms in total. The van der Waals surface area contributed by atoms with Crippen LogP contribution in [-0.4, -0.2) is 61.2 Å². The van der Waals surface area contributed by atoms with Crippen LogP contribution in [0.15, 0.2) is 0 Å². The number of hydrogen-bond acceptors (Lipinski definition) is 3. The number of rotatable bonds is 1. The lowest BCUT2D eigenvalue weighted by Gasteiger charge is -2.48. The van der Waals surface area contributed by atoms with Crippen LogP contribution in [0.3, 0.4) is 0 Å². The standard InChI is InChI=1S/C13H27N3/c1-10-5-6-14-7-13(10)16-8-11(2)15(4)12(3)9-16/h10-14H,5-9H2,1-4H3. The highest BCUT2D eigenvalue weighted by molar-refractivity contribution is 4.90. The minimum absolute atomic E-state index is 0.692. The van der Waals surface area contributed by atoms with Crippen molar-refractivity contribution in [3.8, 4) is 0 Å². The molecule has 94 valence electrons. The van der Waals surface area contributed by atoms with Crippen LogP contribution >= 0.6 is 0 Å². The molecule has 16 heavy (non-hydrogen) atoms. The zero-order chi connectivity index (χ0) is 11.7. The Balaban J connectivity index is 1.98. The minimum atomic E-state index is 0.692. The fourth-order valence-corrected chi connectivity index (χ4v) is 3.18. The van der Waals surface area contributed by atoms with Crippen molar-refractivity contribution < 1.29 is 0 Å². The summed E-state index contributed by atoms with van der Waals surface area (Å²) in [5.74, 6) is 0.851. The van der Waals surface area contributed by atoms with E-state index in [-0.39, 0.29) is 0 Å². The first-order chi connectivity index (χ1) is 7.59. The number of nitrogens with one attached hydrogen (secondary N) is 1. The molecule has 0 aromatic heterocycles. The van der Waals surface area contributed by atoms with Crippen LogP contribution in [0.25, 0.3) is 0 Å². The van der Waals surface area contributed by atoms with Gasteiger partial charge in [0.05, 0.1) is 0 Å². The number of hydrogen-bond donors (Lipinski definition) is 1. The Bertz CT molecular complexity index is 219. The predicted octanol–water partition coefficient (Wildman–Crippen LogP) is 1.01. The summed E-state index contributed by atoms with van der Waals surface area (Å²) in [6, 6.07) is 2.14. The first kappa shape index (κ1) is 12.3. The van der Waals surface area contributed by atoms with Crippen molar-refractivity contribution in [3.63, 3.8) is 0 Å². The molecule has 3 heteroatoms. The van der Waals surface area contributed by atoms with Gasteiger partial charge in [0.1, 0.15) is 0 Å². The second-order valence-corrected chi connectivity index (χ2v) is 5.85. The SMILES string of the molecule is CC1CCNCC1N1CC(C)N(C)C(C)C1. The van der Waals surface area contributed by atoms with Gasteiger partial charge in [0.2, 0.25) is 0 Å². The second kappa shape index (κ2) is 5.03. The highest BCUT2D eigenvalue weighted by atomic mass is 15.3. The summed E-state index contributed by atoms with van der Waals surface area (Å²) in [7, 11) is 2.26. The summed E-state index contributed by atoms with van der Waals surface area (Å²) in [5.41, 5.74) is 0. The third-order valence-corrected chi connectivity index (χ3v) is 4.64. The van der Waals surface area contributed by atoms with E-state index in [0.717, 1.165) is 12.0 Å². The van der Waals surface area contributed by atoms with Gasteiger partial charge in [0.25, 0.3) is 0 Å². The van der Waals surface area contributed by atoms with Crippen LogP contribution in [0.4, 0.5) is 0 Å². The maximum atomic E-state index is 3.55. The van der Waals surface area contributed by atoms with Gasteiger partial charge in [-0.3, -0.25) is 9.80 Å². The third-order valence-electron chi connectivity index (χ3n) is 4.64. The Morgan fingerprint density at radius 3 is 2.25 bits per heavy atom. The zero-order valence-corrected chi connectivity index (χ0v) is 11.2. The van der Waals surface area contributed by atoms with Crippen molar-refractivity contribution >= 4 is 0 Å². The van der Waals surface area contributed by atoms with Crippen molar-refractivity contribution in [2.75, 3.05) is 33.2 Å². The summed E-state index contributed by atoms with van der Waals surface area (Å²) in [4.78, 5) is 5.23. The summed E-state index contributed by atoms with van der Waals surface area (Å²) < 4.78 is 0. The van der Waals surface area contributed by atoms with Crippen molar-refractivity contribution in [1.29, 1.82) is 0 Å². The Labute approximate surface area is 100 Å². The first-order valence-electron chi connectivity index (χ1n) is 6.76. The summed E-state index contributed by atoms with van der Waals surface area (Å²) >= 11 is 0.